The van der Waals surface area contributed by atoms with Crippen LogP contribution in [-0.4, -0.2) is 32.4 Å². The number of ether oxygens (including phenoxy) is 1. The predicted molar refractivity (Wildman–Crippen MR) is 130 cm³/mol. The van der Waals surface area contributed by atoms with Gasteiger partial charge in [-0.3, -0.25) is 4.79 Å². The zero-order valence-electron chi connectivity index (χ0n) is 18.9. The topological polar surface area (TPSA) is 83.0 Å². The van der Waals surface area contributed by atoms with Crippen molar-refractivity contribution in [3.05, 3.63) is 93.9 Å². The Labute approximate surface area is 217 Å². The molecule has 0 radical (unpaired) electrons. The van der Waals surface area contributed by atoms with E-state index in [1.54, 1.807) is 0 Å². The highest BCUT2D eigenvalue weighted by Gasteiger charge is 2.42. The Bertz CT molecular complexity index is 1630. The van der Waals surface area contributed by atoms with Crippen LogP contribution in [0.15, 0.2) is 65.6 Å². The number of alkyl halides is 3. The van der Waals surface area contributed by atoms with Gasteiger partial charge in [-0.1, -0.05) is 29.3 Å². The van der Waals surface area contributed by atoms with E-state index in [2.05, 4.69) is 15.0 Å². The zero-order valence-corrected chi connectivity index (χ0v) is 20.4. The first-order valence-electron chi connectivity index (χ1n) is 10.7. The molecule has 12 heteroatoms. The van der Waals surface area contributed by atoms with Crippen molar-refractivity contribution in [2.45, 2.75) is 12.7 Å². The number of carbonyl (C=O) groups is 1. The number of carbonyl (C=O) groups excluding carboxylic acids is 1. The van der Waals surface area contributed by atoms with Gasteiger partial charge < -0.3 is 13.7 Å². The SMILES string of the molecule is COc1ccc2c(c1)c(C(=O)c1ncc(-c3ccncn3)o1)c(C(F)(F)F)n2Cc1ccc(Cl)cc1Cl. The lowest BCUT2D eigenvalue weighted by molar-refractivity contribution is -0.143. The highest BCUT2D eigenvalue weighted by atomic mass is 35.5. The quantitative estimate of drug-likeness (QED) is 0.220. The lowest BCUT2D eigenvalue weighted by atomic mass is 10.1. The van der Waals surface area contributed by atoms with Gasteiger partial charge in [0.25, 0.3) is 11.7 Å². The smallest absolute Gasteiger partial charge is 0.432 e. The summed E-state index contributed by atoms with van der Waals surface area (Å²) in [6, 6.07) is 10.3. The number of aromatic nitrogens is 4. The first-order chi connectivity index (χ1) is 17.7. The number of fused-ring (bicyclic) bond motifs is 1. The van der Waals surface area contributed by atoms with Gasteiger partial charge in [-0.2, -0.15) is 13.2 Å². The highest BCUT2D eigenvalue weighted by molar-refractivity contribution is 6.35. The minimum absolute atomic E-state index is 0.0172. The highest BCUT2D eigenvalue weighted by Crippen LogP contribution is 2.41. The van der Waals surface area contributed by atoms with E-state index in [0.29, 0.717) is 16.3 Å². The monoisotopic (exact) mass is 546 g/mol. The maximum Gasteiger partial charge on any atom is 0.432 e. The molecule has 0 fully saturated rings. The van der Waals surface area contributed by atoms with E-state index in [0.717, 1.165) is 4.57 Å². The molecule has 0 saturated heterocycles. The van der Waals surface area contributed by atoms with Gasteiger partial charge >= 0.3 is 6.18 Å². The van der Waals surface area contributed by atoms with E-state index in [9.17, 15) is 18.0 Å². The molecule has 37 heavy (non-hydrogen) atoms. The van der Waals surface area contributed by atoms with Crippen molar-refractivity contribution >= 4 is 39.9 Å². The summed E-state index contributed by atoms with van der Waals surface area (Å²) in [4.78, 5) is 25.3. The van der Waals surface area contributed by atoms with Crippen LogP contribution >= 0.6 is 23.2 Å². The van der Waals surface area contributed by atoms with Gasteiger partial charge in [-0.25, -0.2) is 15.0 Å². The second-order valence-corrected chi connectivity index (χ2v) is 8.72. The number of nitrogens with zero attached hydrogens (tertiary/aromatic N) is 4. The molecule has 0 aliphatic rings. The summed E-state index contributed by atoms with van der Waals surface area (Å²) in [5.74, 6) is -1.20. The maximum absolute atomic E-state index is 14.6. The number of benzene rings is 2. The molecule has 0 bridgehead atoms. The normalized spacial score (nSPS) is 11.7. The molecule has 2 aromatic carbocycles. The summed E-state index contributed by atoms with van der Waals surface area (Å²) < 4.78 is 55.6. The van der Waals surface area contributed by atoms with Crippen LogP contribution < -0.4 is 4.74 Å². The van der Waals surface area contributed by atoms with Gasteiger partial charge in [0.05, 0.1) is 18.9 Å². The molecular formula is C25H15Cl2F3N4O3. The second kappa shape index (κ2) is 9.53. The fourth-order valence-corrected chi connectivity index (χ4v) is 4.48. The Morgan fingerprint density at radius 1 is 1.11 bits per heavy atom. The van der Waals surface area contributed by atoms with Gasteiger partial charge in [0.15, 0.2) is 5.76 Å². The molecule has 0 spiro atoms. The largest absolute Gasteiger partial charge is 0.497 e. The van der Waals surface area contributed by atoms with Crippen molar-refractivity contribution in [2.75, 3.05) is 7.11 Å². The van der Waals surface area contributed by atoms with Gasteiger partial charge in [0.1, 0.15) is 23.5 Å². The Kier molecular flexibility index (Phi) is 6.38. The lowest BCUT2D eigenvalue weighted by Crippen LogP contribution is -2.19. The molecule has 0 unspecified atom stereocenters. The number of methoxy groups -OCH3 is 1. The summed E-state index contributed by atoms with van der Waals surface area (Å²) in [7, 11) is 1.37. The lowest BCUT2D eigenvalue weighted by Gasteiger charge is -2.15. The van der Waals surface area contributed by atoms with Gasteiger partial charge in [0, 0.05) is 33.7 Å². The average Bonchev–Trinajstić information content (AvgIpc) is 3.49. The van der Waals surface area contributed by atoms with Crippen LogP contribution in [0.5, 0.6) is 5.75 Å². The molecule has 3 aromatic heterocycles. The van der Waals surface area contributed by atoms with Crippen LogP contribution in [0.25, 0.3) is 22.4 Å². The summed E-state index contributed by atoms with van der Waals surface area (Å²) >= 11 is 12.2. The Morgan fingerprint density at radius 3 is 2.59 bits per heavy atom. The van der Waals surface area contributed by atoms with Gasteiger partial charge in [0.2, 0.25) is 0 Å². The molecule has 0 atom stereocenters. The summed E-state index contributed by atoms with van der Waals surface area (Å²) in [5.41, 5.74) is -0.953. The standard InChI is InChI=1S/C25H15Cl2F3N4O3/c1-36-15-4-5-19-16(9-15)21(22(35)24-32-10-20(37-24)18-6-7-31-12-33-18)23(25(28,29)30)34(19)11-13-2-3-14(26)8-17(13)27/h2-10,12H,11H2,1H3. The second-order valence-electron chi connectivity index (χ2n) is 7.88. The number of oxazole rings is 1. The van der Waals surface area contributed by atoms with Crippen LogP contribution in [0.3, 0.4) is 0 Å². The first kappa shape index (κ1) is 24.8. The van der Waals surface area contributed by atoms with E-state index in [1.165, 1.54) is 68.3 Å². The van der Waals surface area contributed by atoms with Crippen molar-refractivity contribution in [1.29, 1.82) is 0 Å². The third kappa shape index (κ3) is 4.65. The molecule has 5 rings (SSSR count). The summed E-state index contributed by atoms with van der Waals surface area (Å²) in [6.45, 7) is -0.279. The molecule has 7 nitrogen and oxygen atoms in total. The van der Waals surface area contributed by atoms with Gasteiger partial charge in [-0.05, 0) is 42.0 Å². The fraction of sp³-hybridized carbons (Fsp3) is 0.120. The van der Waals surface area contributed by atoms with Crippen molar-refractivity contribution in [3.63, 3.8) is 0 Å². The molecule has 0 amide bonds. The van der Waals surface area contributed by atoms with Crippen LogP contribution in [-0.2, 0) is 12.7 Å². The minimum Gasteiger partial charge on any atom is -0.497 e. The first-order valence-corrected chi connectivity index (χ1v) is 11.4. The minimum atomic E-state index is -4.92. The van der Waals surface area contributed by atoms with Crippen molar-refractivity contribution < 1.29 is 27.1 Å². The Hall–Kier alpha value is -3.89. The van der Waals surface area contributed by atoms with Crippen LogP contribution in [0.2, 0.25) is 10.0 Å². The summed E-state index contributed by atoms with van der Waals surface area (Å²) in [5, 5.41) is 0.542. The Balaban J connectivity index is 1.73. The molecule has 0 N–H and O–H groups in total. The number of rotatable bonds is 6. The maximum atomic E-state index is 14.6. The molecule has 3 heterocycles. The van der Waals surface area contributed by atoms with E-state index in [1.807, 2.05) is 0 Å². The average molecular weight is 547 g/mol. The Morgan fingerprint density at radius 2 is 1.92 bits per heavy atom. The molecular weight excluding hydrogens is 532 g/mol. The molecule has 5 aromatic rings. The third-order valence-corrected chi connectivity index (χ3v) is 6.23. The molecule has 0 aliphatic carbocycles. The van der Waals surface area contributed by atoms with Gasteiger partial charge in [-0.15, -0.1) is 0 Å². The van der Waals surface area contributed by atoms with Crippen LogP contribution in [0, 0.1) is 0 Å². The number of halogens is 5. The van der Waals surface area contributed by atoms with Crippen LogP contribution in [0.1, 0.15) is 27.5 Å². The molecule has 0 aliphatic heterocycles. The van der Waals surface area contributed by atoms with E-state index in [4.69, 9.17) is 32.4 Å². The van der Waals surface area contributed by atoms with E-state index >= 15 is 0 Å². The predicted octanol–water partition coefficient (Wildman–Crippen LogP) is 6.70. The van der Waals surface area contributed by atoms with Crippen molar-refractivity contribution in [3.8, 4) is 17.2 Å². The third-order valence-electron chi connectivity index (χ3n) is 5.64. The number of hydrogen-bond donors (Lipinski definition) is 0. The van der Waals surface area contributed by atoms with Crippen molar-refractivity contribution in [2.24, 2.45) is 0 Å². The van der Waals surface area contributed by atoms with E-state index < -0.39 is 29.1 Å². The molecule has 188 valence electrons. The van der Waals surface area contributed by atoms with E-state index in [-0.39, 0.29) is 34.0 Å². The fourth-order valence-electron chi connectivity index (χ4n) is 4.01. The summed E-state index contributed by atoms with van der Waals surface area (Å²) in [6.07, 6.45) is -0.979. The molecule has 0 saturated carbocycles. The van der Waals surface area contributed by atoms with Crippen LogP contribution in [0.4, 0.5) is 13.2 Å². The zero-order chi connectivity index (χ0) is 26.3. The van der Waals surface area contributed by atoms with Crippen molar-refractivity contribution in [1.82, 2.24) is 19.5 Å². The number of hydrogen-bond acceptors (Lipinski definition) is 6. The number of ketones is 1.